The summed E-state index contributed by atoms with van der Waals surface area (Å²) in [6.07, 6.45) is 0. The first-order chi connectivity index (χ1) is 10.6. The molecule has 3 N–H and O–H groups in total. The maximum Gasteiger partial charge on any atom is 0.340 e. The van der Waals surface area contributed by atoms with E-state index in [9.17, 15) is 9.18 Å². The lowest BCUT2D eigenvalue weighted by atomic mass is 10.1. The maximum atomic E-state index is 14.0. The van der Waals surface area contributed by atoms with Gasteiger partial charge in [-0.1, -0.05) is 12.1 Å². The average molecular weight is 304 g/mol. The van der Waals surface area contributed by atoms with Crippen LogP contribution in [-0.2, 0) is 11.3 Å². The molecule has 2 rings (SSSR count). The van der Waals surface area contributed by atoms with Gasteiger partial charge in [-0.3, -0.25) is 0 Å². The van der Waals surface area contributed by atoms with Crippen molar-refractivity contribution >= 4 is 17.3 Å². The Morgan fingerprint density at radius 1 is 1.18 bits per heavy atom. The first kappa shape index (κ1) is 15.6. The van der Waals surface area contributed by atoms with Crippen LogP contribution in [-0.4, -0.2) is 20.2 Å². The molecule has 0 fully saturated rings. The quantitative estimate of drug-likeness (QED) is 0.656. The molecule has 2 aromatic rings. The maximum absolute atomic E-state index is 14.0. The molecular formula is C16H17FN2O3. The van der Waals surface area contributed by atoms with Gasteiger partial charge in [0.15, 0.2) is 5.82 Å². The van der Waals surface area contributed by atoms with Crippen LogP contribution in [0.5, 0.6) is 5.75 Å². The highest BCUT2D eigenvalue weighted by atomic mass is 19.1. The van der Waals surface area contributed by atoms with Crippen molar-refractivity contribution in [2.75, 3.05) is 25.3 Å². The smallest absolute Gasteiger partial charge is 0.340 e. The number of esters is 1. The van der Waals surface area contributed by atoms with Gasteiger partial charge in [-0.2, -0.15) is 0 Å². The summed E-state index contributed by atoms with van der Waals surface area (Å²) in [5.74, 6) is -0.783. The van der Waals surface area contributed by atoms with E-state index >= 15 is 0 Å². The third kappa shape index (κ3) is 3.28. The van der Waals surface area contributed by atoms with Crippen molar-refractivity contribution in [1.29, 1.82) is 0 Å². The Hall–Kier alpha value is -2.76. The Bertz CT molecular complexity index is 672. The van der Waals surface area contributed by atoms with Crippen molar-refractivity contribution in [2.24, 2.45) is 0 Å². The van der Waals surface area contributed by atoms with E-state index in [1.54, 1.807) is 13.2 Å². The molecule has 0 saturated heterocycles. The normalized spacial score (nSPS) is 10.1. The lowest BCUT2D eigenvalue weighted by Crippen LogP contribution is -2.10. The van der Waals surface area contributed by atoms with Gasteiger partial charge in [0, 0.05) is 6.54 Å². The number of halogens is 1. The molecule has 0 aliphatic carbocycles. The molecule has 0 aromatic heterocycles. The molecule has 0 amide bonds. The summed E-state index contributed by atoms with van der Waals surface area (Å²) in [5, 5.41) is 3.03. The monoisotopic (exact) mass is 304 g/mol. The fourth-order valence-corrected chi connectivity index (χ4v) is 1.96. The lowest BCUT2D eigenvalue weighted by molar-refractivity contribution is 0.0595. The molecule has 0 saturated carbocycles. The third-order valence-electron chi connectivity index (χ3n) is 3.23. The van der Waals surface area contributed by atoms with Crippen LogP contribution < -0.4 is 15.8 Å². The van der Waals surface area contributed by atoms with E-state index in [0.29, 0.717) is 12.2 Å². The van der Waals surface area contributed by atoms with Crippen LogP contribution >= 0.6 is 0 Å². The number of ether oxygens (including phenoxy) is 2. The van der Waals surface area contributed by atoms with Crippen LogP contribution in [0.25, 0.3) is 0 Å². The number of anilines is 2. The Morgan fingerprint density at radius 2 is 1.86 bits per heavy atom. The highest BCUT2D eigenvalue weighted by Crippen LogP contribution is 2.26. The van der Waals surface area contributed by atoms with E-state index in [-0.39, 0.29) is 11.3 Å². The highest BCUT2D eigenvalue weighted by Gasteiger charge is 2.16. The summed E-state index contributed by atoms with van der Waals surface area (Å²) >= 11 is 0. The first-order valence-electron chi connectivity index (χ1n) is 6.60. The van der Waals surface area contributed by atoms with E-state index in [2.05, 4.69) is 10.1 Å². The number of hydrogen-bond donors (Lipinski definition) is 2. The molecule has 22 heavy (non-hydrogen) atoms. The summed E-state index contributed by atoms with van der Waals surface area (Å²) < 4.78 is 23.6. The number of rotatable bonds is 5. The average Bonchev–Trinajstić information content (AvgIpc) is 2.56. The number of carbonyl (C=O) groups is 1. The van der Waals surface area contributed by atoms with E-state index in [4.69, 9.17) is 10.5 Å². The molecule has 5 nitrogen and oxygen atoms in total. The van der Waals surface area contributed by atoms with Crippen molar-refractivity contribution in [1.82, 2.24) is 0 Å². The largest absolute Gasteiger partial charge is 0.497 e. The van der Waals surface area contributed by atoms with Gasteiger partial charge < -0.3 is 20.5 Å². The molecule has 116 valence electrons. The Balaban J connectivity index is 2.12. The number of hydrogen-bond acceptors (Lipinski definition) is 5. The molecule has 0 radical (unpaired) electrons. The predicted molar refractivity (Wildman–Crippen MR) is 82.5 cm³/mol. The van der Waals surface area contributed by atoms with E-state index in [1.807, 2.05) is 24.3 Å². The highest BCUT2D eigenvalue weighted by molar-refractivity contribution is 5.92. The van der Waals surface area contributed by atoms with Gasteiger partial charge >= 0.3 is 5.97 Å². The van der Waals surface area contributed by atoms with Crippen molar-refractivity contribution < 1.29 is 18.7 Å². The Labute approximate surface area is 127 Å². The molecule has 0 bridgehead atoms. The molecule has 2 aromatic carbocycles. The van der Waals surface area contributed by atoms with Gasteiger partial charge in [-0.15, -0.1) is 0 Å². The first-order valence-corrected chi connectivity index (χ1v) is 6.60. The van der Waals surface area contributed by atoms with Crippen molar-refractivity contribution in [2.45, 2.75) is 6.54 Å². The van der Waals surface area contributed by atoms with Gasteiger partial charge in [0.1, 0.15) is 5.75 Å². The molecular weight excluding hydrogens is 287 g/mol. The number of nitrogens with two attached hydrogens (primary N) is 1. The summed E-state index contributed by atoms with van der Waals surface area (Å²) in [4.78, 5) is 11.4. The second-order valence-corrected chi connectivity index (χ2v) is 4.58. The van der Waals surface area contributed by atoms with Gasteiger partial charge in [-0.05, 0) is 29.8 Å². The summed E-state index contributed by atoms with van der Waals surface area (Å²) in [6, 6.07) is 10.3. The summed E-state index contributed by atoms with van der Waals surface area (Å²) in [7, 11) is 2.79. The second-order valence-electron chi connectivity index (χ2n) is 4.58. The SMILES string of the molecule is COC(=O)c1ccc(NCc2ccc(OC)cc2)c(N)c1F. The topological polar surface area (TPSA) is 73.6 Å². The van der Waals surface area contributed by atoms with Gasteiger partial charge in [0.25, 0.3) is 0 Å². The van der Waals surface area contributed by atoms with Crippen molar-refractivity contribution in [3.05, 3.63) is 53.3 Å². The van der Waals surface area contributed by atoms with Gasteiger partial charge in [0.2, 0.25) is 0 Å². The molecule has 0 heterocycles. The number of carbonyl (C=O) groups excluding carboxylic acids is 1. The van der Waals surface area contributed by atoms with Crippen LogP contribution in [0, 0.1) is 5.82 Å². The zero-order chi connectivity index (χ0) is 16.1. The molecule has 0 atom stereocenters. The third-order valence-corrected chi connectivity index (χ3v) is 3.23. The summed E-state index contributed by atoms with van der Waals surface area (Å²) in [5.41, 5.74) is 6.82. The van der Waals surface area contributed by atoms with Crippen LogP contribution in [0.1, 0.15) is 15.9 Å². The molecule has 0 aliphatic rings. The fourth-order valence-electron chi connectivity index (χ4n) is 1.96. The van der Waals surface area contributed by atoms with Crippen molar-refractivity contribution in [3.8, 4) is 5.75 Å². The zero-order valence-corrected chi connectivity index (χ0v) is 12.4. The van der Waals surface area contributed by atoms with E-state index in [0.717, 1.165) is 11.3 Å². The minimum atomic E-state index is -0.786. The fraction of sp³-hybridized carbons (Fsp3) is 0.188. The van der Waals surface area contributed by atoms with Crippen LogP contribution in [0.15, 0.2) is 36.4 Å². The number of nitrogens with one attached hydrogen (secondary N) is 1. The van der Waals surface area contributed by atoms with Crippen molar-refractivity contribution in [3.63, 3.8) is 0 Å². The van der Waals surface area contributed by atoms with E-state index < -0.39 is 11.8 Å². The van der Waals surface area contributed by atoms with E-state index in [1.165, 1.54) is 13.2 Å². The van der Waals surface area contributed by atoms with Gasteiger partial charge in [0.05, 0.1) is 31.2 Å². The van der Waals surface area contributed by atoms with Gasteiger partial charge in [-0.25, -0.2) is 9.18 Å². The Morgan fingerprint density at radius 3 is 2.45 bits per heavy atom. The number of benzene rings is 2. The van der Waals surface area contributed by atoms with Crippen LogP contribution in [0.3, 0.4) is 0 Å². The number of nitrogen functional groups attached to an aromatic ring is 1. The predicted octanol–water partition coefficient (Wildman–Crippen LogP) is 2.82. The molecule has 0 aliphatic heterocycles. The lowest BCUT2D eigenvalue weighted by Gasteiger charge is -2.12. The molecule has 0 spiro atoms. The number of methoxy groups -OCH3 is 2. The standard InChI is InChI=1S/C16H17FN2O3/c1-21-11-5-3-10(4-6-11)9-19-13-8-7-12(16(20)22-2)14(17)15(13)18/h3-8,19H,9,18H2,1-2H3. The zero-order valence-electron chi connectivity index (χ0n) is 12.4. The summed E-state index contributed by atoms with van der Waals surface area (Å²) in [6.45, 7) is 0.463. The van der Waals surface area contributed by atoms with Crippen LogP contribution in [0.2, 0.25) is 0 Å². The second kappa shape index (κ2) is 6.80. The minimum Gasteiger partial charge on any atom is -0.497 e. The molecule has 6 heteroatoms. The minimum absolute atomic E-state index is 0.114. The Kier molecular flexibility index (Phi) is 4.83. The van der Waals surface area contributed by atoms with Crippen LogP contribution in [0.4, 0.5) is 15.8 Å². The molecule has 0 unspecified atom stereocenters.